The highest BCUT2D eigenvalue weighted by atomic mass is 15.2. The summed E-state index contributed by atoms with van der Waals surface area (Å²) in [5, 5.41) is 3.42. The van der Waals surface area contributed by atoms with Crippen molar-refractivity contribution in [1.82, 2.24) is 9.97 Å². The van der Waals surface area contributed by atoms with Crippen molar-refractivity contribution < 1.29 is 0 Å². The number of rotatable bonds is 4. The van der Waals surface area contributed by atoms with E-state index in [1.165, 1.54) is 19.3 Å². The van der Waals surface area contributed by atoms with Gasteiger partial charge in [0, 0.05) is 30.4 Å². The molecule has 1 aromatic heterocycles. The molecule has 0 saturated carbocycles. The summed E-state index contributed by atoms with van der Waals surface area (Å²) in [6.07, 6.45) is 3.76. The monoisotopic (exact) mass is 330 g/mol. The molecule has 3 aromatic rings. The number of para-hydroxylation sites is 1. The number of hydrogen-bond acceptors (Lipinski definition) is 4. The Morgan fingerprint density at radius 2 is 1.44 bits per heavy atom. The van der Waals surface area contributed by atoms with E-state index in [1.807, 2.05) is 48.5 Å². The minimum atomic E-state index is 0.766. The van der Waals surface area contributed by atoms with Crippen molar-refractivity contribution in [2.75, 3.05) is 23.3 Å². The fraction of sp³-hybridized carbons (Fsp3) is 0.238. The van der Waals surface area contributed by atoms with Crippen LogP contribution in [-0.4, -0.2) is 23.1 Å². The molecule has 1 N–H and O–H groups in total. The zero-order valence-electron chi connectivity index (χ0n) is 14.2. The molecule has 0 aliphatic carbocycles. The third-order valence-corrected chi connectivity index (χ3v) is 4.47. The number of nitrogens with zero attached hydrogens (tertiary/aromatic N) is 3. The number of anilines is 3. The maximum atomic E-state index is 4.84. The fourth-order valence-electron chi connectivity index (χ4n) is 3.17. The molecule has 0 radical (unpaired) electrons. The first kappa shape index (κ1) is 15.6. The van der Waals surface area contributed by atoms with Crippen molar-refractivity contribution in [2.45, 2.75) is 19.3 Å². The molecule has 0 unspecified atom stereocenters. The predicted octanol–water partition coefficient (Wildman–Crippen LogP) is 4.88. The van der Waals surface area contributed by atoms with Crippen LogP contribution in [0, 0.1) is 0 Å². The lowest BCUT2D eigenvalue weighted by molar-refractivity contribution is 0.573. The molecule has 1 aliphatic rings. The van der Waals surface area contributed by atoms with E-state index in [2.05, 4.69) is 28.4 Å². The van der Waals surface area contributed by atoms with Crippen molar-refractivity contribution >= 4 is 17.3 Å². The van der Waals surface area contributed by atoms with Crippen LogP contribution in [0.25, 0.3) is 11.4 Å². The molecule has 1 saturated heterocycles. The van der Waals surface area contributed by atoms with Gasteiger partial charge in [0.15, 0.2) is 5.82 Å². The van der Waals surface area contributed by atoms with Crippen molar-refractivity contribution in [3.63, 3.8) is 0 Å². The van der Waals surface area contributed by atoms with Crippen LogP contribution in [0.15, 0.2) is 66.7 Å². The van der Waals surface area contributed by atoms with Gasteiger partial charge in [-0.05, 0) is 31.4 Å². The molecule has 25 heavy (non-hydrogen) atoms. The van der Waals surface area contributed by atoms with Crippen molar-refractivity contribution in [3.05, 3.63) is 66.7 Å². The largest absolute Gasteiger partial charge is 0.356 e. The van der Waals surface area contributed by atoms with Gasteiger partial charge in [0.2, 0.25) is 0 Å². The minimum Gasteiger partial charge on any atom is -0.356 e. The van der Waals surface area contributed by atoms with Gasteiger partial charge in [0.05, 0.1) is 0 Å². The Labute approximate surface area is 148 Å². The molecule has 4 heteroatoms. The smallest absolute Gasteiger partial charge is 0.163 e. The number of nitrogens with one attached hydrogen (secondary N) is 1. The zero-order chi connectivity index (χ0) is 16.9. The molecular formula is C21H22N4. The molecule has 2 heterocycles. The Bertz CT molecular complexity index is 812. The Kier molecular flexibility index (Phi) is 4.59. The van der Waals surface area contributed by atoms with E-state index in [1.54, 1.807) is 0 Å². The highest BCUT2D eigenvalue weighted by Crippen LogP contribution is 2.26. The van der Waals surface area contributed by atoms with Gasteiger partial charge >= 0.3 is 0 Å². The highest BCUT2D eigenvalue weighted by molar-refractivity contribution is 5.65. The molecule has 0 bridgehead atoms. The third kappa shape index (κ3) is 3.79. The van der Waals surface area contributed by atoms with Crippen LogP contribution >= 0.6 is 0 Å². The molecule has 0 atom stereocenters. The van der Waals surface area contributed by atoms with E-state index in [0.29, 0.717) is 0 Å². The van der Waals surface area contributed by atoms with Crippen molar-refractivity contribution in [2.24, 2.45) is 0 Å². The summed E-state index contributed by atoms with van der Waals surface area (Å²) in [5.41, 5.74) is 2.07. The summed E-state index contributed by atoms with van der Waals surface area (Å²) in [6, 6.07) is 22.4. The highest BCUT2D eigenvalue weighted by Gasteiger charge is 2.15. The second-order valence-corrected chi connectivity index (χ2v) is 6.34. The number of aromatic nitrogens is 2. The molecular weight excluding hydrogens is 308 g/mol. The SMILES string of the molecule is c1ccc(Nc2cc(N3CCCCC3)nc(-c3ccccc3)n2)cc1. The van der Waals surface area contributed by atoms with Crippen molar-refractivity contribution in [3.8, 4) is 11.4 Å². The summed E-state index contributed by atoms with van der Waals surface area (Å²) in [6.45, 7) is 2.13. The summed E-state index contributed by atoms with van der Waals surface area (Å²) >= 11 is 0. The third-order valence-electron chi connectivity index (χ3n) is 4.47. The second kappa shape index (κ2) is 7.34. The van der Waals surface area contributed by atoms with Gasteiger partial charge in [0.1, 0.15) is 11.6 Å². The summed E-state index contributed by atoms with van der Waals surface area (Å²) in [7, 11) is 0. The Balaban J connectivity index is 1.72. The Hall–Kier alpha value is -2.88. The van der Waals surface area contributed by atoms with E-state index in [0.717, 1.165) is 41.8 Å². The lowest BCUT2D eigenvalue weighted by Crippen LogP contribution is -2.30. The van der Waals surface area contributed by atoms with E-state index >= 15 is 0 Å². The van der Waals surface area contributed by atoms with E-state index in [9.17, 15) is 0 Å². The van der Waals surface area contributed by atoms with Gasteiger partial charge in [-0.25, -0.2) is 9.97 Å². The summed E-state index contributed by atoms with van der Waals surface area (Å²) in [5.74, 6) is 2.61. The topological polar surface area (TPSA) is 41.0 Å². The van der Waals surface area contributed by atoms with Gasteiger partial charge in [-0.2, -0.15) is 0 Å². The van der Waals surface area contributed by atoms with Crippen LogP contribution < -0.4 is 10.2 Å². The molecule has 1 aliphatic heterocycles. The van der Waals surface area contributed by atoms with E-state index < -0.39 is 0 Å². The maximum absolute atomic E-state index is 4.84. The Morgan fingerprint density at radius 3 is 2.16 bits per heavy atom. The van der Waals surface area contributed by atoms with Crippen LogP contribution in [0.3, 0.4) is 0 Å². The van der Waals surface area contributed by atoms with E-state index in [-0.39, 0.29) is 0 Å². The van der Waals surface area contributed by atoms with Gasteiger partial charge in [-0.15, -0.1) is 0 Å². The second-order valence-electron chi connectivity index (χ2n) is 6.34. The first-order valence-corrected chi connectivity index (χ1v) is 8.90. The zero-order valence-corrected chi connectivity index (χ0v) is 14.2. The van der Waals surface area contributed by atoms with Crippen LogP contribution in [0.5, 0.6) is 0 Å². The van der Waals surface area contributed by atoms with Gasteiger partial charge in [-0.1, -0.05) is 48.5 Å². The van der Waals surface area contributed by atoms with Gasteiger partial charge < -0.3 is 10.2 Å². The van der Waals surface area contributed by atoms with Crippen LogP contribution in [0.2, 0.25) is 0 Å². The average Bonchev–Trinajstić information content (AvgIpc) is 2.70. The Morgan fingerprint density at radius 1 is 0.760 bits per heavy atom. The molecule has 4 nitrogen and oxygen atoms in total. The fourth-order valence-corrected chi connectivity index (χ4v) is 3.17. The van der Waals surface area contributed by atoms with Gasteiger partial charge in [0.25, 0.3) is 0 Å². The molecule has 0 amide bonds. The first-order chi connectivity index (χ1) is 12.4. The molecule has 0 spiro atoms. The number of hydrogen-bond donors (Lipinski definition) is 1. The van der Waals surface area contributed by atoms with Crippen LogP contribution in [0.4, 0.5) is 17.3 Å². The maximum Gasteiger partial charge on any atom is 0.163 e. The van der Waals surface area contributed by atoms with Crippen LogP contribution in [0.1, 0.15) is 19.3 Å². The molecule has 2 aromatic carbocycles. The minimum absolute atomic E-state index is 0.766. The lowest BCUT2D eigenvalue weighted by atomic mass is 10.1. The lowest BCUT2D eigenvalue weighted by Gasteiger charge is -2.28. The summed E-state index contributed by atoms with van der Waals surface area (Å²) in [4.78, 5) is 12.0. The number of piperidine rings is 1. The normalized spacial score (nSPS) is 14.3. The van der Waals surface area contributed by atoms with Crippen molar-refractivity contribution in [1.29, 1.82) is 0 Å². The first-order valence-electron chi connectivity index (χ1n) is 8.90. The summed E-state index contributed by atoms with van der Waals surface area (Å²) < 4.78 is 0. The molecule has 1 fully saturated rings. The van der Waals surface area contributed by atoms with E-state index in [4.69, 9.17) is 9.97 Å². The quantitative estimate of drug-likeness (QED) is 0.740. The standard InChI is InChI=1S/C21H22N4/c1-4-10-17(11-5-1)21-23-19(22-18-12-6-2-7-13-18)16-20(24-21)25-14-8-3-9-15-25/h1-2,4-7,10-13,16H,3,8-9,14-15H2,(H,22,23,24). The van der Waals surface area contributed by atoms with Gasteiger partial charge in [-0.3, -0.25) is 0 Å². The predicted molar refractivity (Wildman–Crippen MR) is 103 cm³/mol. The molecule has 4 rings (SSSR count). The molecule has 126 valence electrons. The van der Waals surface area contributed by atoms with Crippen LogP contribution in [-0.2, 0) is 0 Å². The average molecular weight is 330 g/mol. The number of benzene rings is 2.